The van der Waals surface area contributed by atoms with E-state index < -0.39 is 32.6 Å². The first-order valence-corrected chi connectivity index (χ1v) is 22.1. The summed E-state index contributed by atoms with van der Waals surface area (Å²) in [5, 5.41) is 9.49. The van der Waals surface area contributed by atoms with Crippen molar-refractivity contribution in [2.24, 2.45) is 9.98 Å². The van der Waals surface area contributed by atoms with Crippen molar-refractivity contribution < 1.29 is 28.0 Å². The second-order valence-corrected chi connectivity index (χ2v) is 17.3. The van der Waals surface area contributed by atoms with Crippen LogP contribution in [-0.4, -0.2) is 127 Å². The molecule has 2 aromatic heterocycles. The lowest BCUT2D eigenvalue weighted by Crippen LogP contribution is -2.39. The standard InChI is InChI=1S/C46H59N10O6P/c1-32(2)56(33(3)4)63(60-26-14-25-47)62-39-27-41(55-44-42(52-45(55)51-31-54(7)8)43(48-29-49-44)50-30-53(5)6)61-40(39)28-59-46(34-15-12-11-13-16-34,35-17-21-37(57-9)22-18-35)36-19-23-38(58-10)24-20-36/h11-13,15-24,29-33,39-41H,14,26-28H2,1-10H3. The Bertz CT molecular complexity index is 2260. The number of fused-ring (bicyclic) bond motifs is 1. The summed E-state index contributed by atoms with van der Waals surface area (Å²) >= 11 is 0. The molecular weight excluding hydrogens is 820 g/mol. The third kappa shape index (κ3) is 11.0. The summed E-state index contributed by atoms with van der Waals surface area (Å²) in [6.07, 6.45) is 3.50. The molecule has 0 N–H and O–H groups in total. The zero-order valence-electron chi connectivity index (χ0n) is 37.8. The molecule has 3 heterocycles. The Hall–Kier alpha value is -5.53. The number of hydrogen-bond donors (Lipinski definition) is 0. The number of nitrogens with zero attached hydrogens (tertiary/aromatic N) is 10. The smallest absolute Gasteiger partial charge is 0.259 e. The molecule has 0 amide bonds. The summed E-state index contributed by atoms with van der Waals surface area (Å²) < 4.78 is 43.4. The molecular formula is C46H59N10O6P. The van der Waals surface area contributed by atoms with Crippen molar-refractivity contribution in [1.29, 1.82) is 5.26 Å². The number of aliphatic imine (C=N–C) groups is 2. The van der Waals surface area contributed by atoms with E-state index in [2.05, 4.69) is 60.5 Å². The van der Waals surface area contributed by atoms with E-state index in [0.29, 0.717) is 29.4 Å². The monoisotopic (exact) mass is 878 g/mol. The van der Waals surface area contributed by atoms with Gasteiger partial charge in [-0.1, -0.05) is 54.6 Å². The highest BCUT2D eigenvalue weighted by atomic mass is 31.2. The molecule has 63 heavy (non-hydrogen) atoms. The van der Waals surface area contributed by atoms with Crippen LogP contribution in [-0.2, 0) is 24.1 Å². The summed E-state index contributed by atoms with van der Waals surface area (Å²) in [6, 6.07) is 28.3. The maximum absolute atomic E-state index is 9.49. The number of benzene rings is 3. The van der Waals surface area contributed by atoms with Crippen LogP contribution >= 0.6 is 8.53 Å². The first kappa shape index (κ1) is 47.0. The number of nitriles is 1. The molecule has 16 nitrogen and oxygen atoms in total. The van der Waals surface area contributed by atoms with Crippen molar-refractivity contribution in [3.05, 3.63) is 102 Å². The average molecular weight is 879 g/mol. The van der Waals surface area contributed by atoms with Gasteiger partial charge in [-0.05, 0) is 68.7 Å². The maximum atomic E-state index is 9.49. The lowest BCUT2D eigenvalue weighted by Gasteiger charge is -2.39. The highest BCUT2D eigenvalue weighted by molar-refractivity contribution is 7.44. The predicted octanol–water partition coefficient (Wildman–Crippen LogP) is 8.24. The Kier molecular flexibility index (Phi) is 16.2. The van der Waals surface area contributed by atoms with Crippen LogP contribution in [0.1, 0.15) is 63.5 Å². The summed E-state index contributed by atoms with van der Waals surface area (Å²) in [4.78, 5) is 27.1. The topological polar surface area (TPSA) is 157 Å². The highest BCUT2D eigenvalue weighted by Crippen LogP contribution is 2.51. The molecule has 334 valence electrons. The lowest BCUT2D eigenvalue weighted by molar-refractivity contribution is -0.0909. The van der Waals surface area contributed by atoms with E-state index in [0.717, 1.165) is 28.2 Å². The number of aromatic nitrogens is 4. The van der Waals surface area contributed by atoms with Crippen molar-refractivity contribution in [2.45, 2.75) is 76.7 Å². The molecule has 1 aliphatic rings. The molecule has 0 saturated carbocycles. The molecule has 1 saturated heterocycles. The lowest BCUT2D eigenvalue weighted by atomic mass is 9.80. The summed E-state index contributed by atoms with van der Waals surface area (Å²) in [7, 11) is 9.17. The third-order valence-electron chi connectivity index (χ3n) is 10.2. The molecule has 0 radical (unpaired) electrons. The van der Waals surface area contributed by atoms with Crippen molar-refractivity contribution >= 4 is 44.1 Å². The van der Waals surface area contributed by atoms with Crippen molar-refractivity contribution in [3.63, 3.8) is 0 Å². The van der Waals surface area contributed by atoms with Gasteiger partial charge in [0.15, 0.2) is 17.0 Å². The van der Waals surface area contributed by atoms with E-state index in [1.807, 2.05) is 109 Å². The van der Waals surface area contributed by atoms with Crippen LogP contribution < -0.4 is 9.47 Å². The Labute approximate surface area is 372 Å². The van der Waals surface area contributed by atoms with Crippen LogP contribution in [0.2, 0.25) is 0 Å². The Morgan fingerprint density at radius 2 is 1.44 bits per heavy atom. The van der Waals surface area contributed by atoms with Crippen LogP contribution in [0.3, 0.4) is 0 Å². The van der Waals surface area contributed by atoms with Crippen molar-refractivity contribution in [1.82, 2.24) is 34.0 Å². The van der Waals surface area contributed by atoms with Gasteiger partial charge in [0.1, 0.15) is 35.8 Å². The van der Waals surface area contributed by atoms with E-state index in [9.17, 15) is 5.26 Å². The molecule has 3 aromatic carbocycles. The van der Waals surface area contributed by atoms with E-state index in [1.165, 1.54) is 6.33 Å². The molecule has 4 unspecified atom stereocenters. The fourth-order valence-corrected chi connectivity index (χ4v) is 9.24. The number of ether oxygens (including phenoxy) is 4. The van der Waals surface area contributed by atoms with Gasteiger partial charge in [0.25, 0.3) is 8.53 Å². The van der Waals surface area contributed by atoms with Crippen LogP contribution in [0, 0.1) is 11.3 Å². The molecule has 0 spiro atoms. The third-order valence-corrected chi connectivity index (χ3v) is 12.4. The quantitative estimate of drug-likeness (QED) is 0.0229. The predicted molar refractivity (Wildman–Crippen MR) is 246 cm³/mol. The Balaban J connectivity index is 1.50. The molecule has 4 atom stereocenters. The zero-order valence-corrected chi connectivity index (χ0v) is 38.7. The minimum atomic E-state index is -1.68. The van der Waals surface area contributed by atoms with E-state index in [-0.39, 0.29) is 31.7 Å². The minimum absolute atomic E-state index is 0.0734. The van der Waals surface area contributed by atoms with Gasteiger partial charge in [0, 0.05) is 46.7 Å². The number of rotatable bonds is 21. The van der Waals surface area contributed by atoms with Crippen LogP contribution in [0.5, 0.6) is 11.5 Å². The molecule has 1 fully saturated rings. The number of methoxy groups -OCH3 is 2. The van der Waals surface area contributed by atoms with Gasteiger partial charge in [-0.25, -0.2) is 29.6 Å². The van der Waals surface area contributed by atoms with Gasteiger partial charge < -0.3 is 37.8 Å². The van der Waals surface area contributed by atoms with Gasteiger partial charge in [-0.3, -0.25) is 4.57 Å². The van der Waals surface area contributed by atoms with E-state index in [4.69, 9.17) is 43.0 Å². The fourth-order valence-electron chi connectivity index (χ4n) is 7.48. The summed E-state index contributed by atoms with van der Waals surface area (Å²) in [5.74, 6) is 2.19. The van der Waals surface area contributed by atoms with Gasteiger partial charge in [0.05, 0.1) is 58.7 Å². The second kappa shape index (κ2) is 21.7. The van der Waals surface area contributed by atoms with Gasteiger partial charge in [0.2, 0.25) is 5.95 Å². The molecule has 1 aliphatic heterocycles. The van der Waals surface area contributed by atoms with Crippen LogP contribution in [0.4, 0.5) is 11.8 Å². The number of imidazole rings is 1. The summed E-state index contributed by atoms with van der Waals surface area (Å²) in [5.41, 5.74) is 2.50. The van der Waals surface area contributed by atoms with Gasteiger partial charge in [-0.15, -0.1) is 0 Å². The van der Waals surface area contributed by atoms with E-state index in [1.54, 1.807) is 26.9 Å². The Morgan fingerprint density at radius 3 is 2.00 bits per heavy atom. The van der Waals surface area contributed by atoms with Crippen molar-refractivity contribution in [3.8, 4) is 17.6 Å². The molecule has 5 aromatic rings. The molecule has 6 rings (SSSR count). The van der Waals surface area contributed by atoms with Gasteiger partial charge in [-0.2, -0.15) is 5.26 Å². The molecule has 0 bridgehead atoms. The first-order chi connectivity index (χ1) is 30.4. The normalized spacial score (nSPS) is 17.4. The average Bonchev–Trinajstić information content (AvgIpc) is 3.86. The maximum Gasteiger partial charge on any atom is 0.259 e. The first-order valence-electron chi connectivity index (χ1n) is 20.9. The van der Waals surface area contributed by atoms with Crippen LogP contribution in [0.25, 0.3) is 11.2 Å². The second-order valence-electron chi connectivity index (χ2n) is 15.9. The summed E-state index contributed by atoms with van der Waals surface area (Å²) in [6.45, 7) is 8.74. The Morgan fingerprint density at radius 1 is 0.857 bits per heavy atom. The minimum Gasteiger partial charge on any atom is -0.497 e. The van der Waals surface area contributed by atoms with Crippen LogP contribution in [0.15, 0.2) is 95.2 Å². The van der Waals surface area contributed by atoms with Crippen molar-refractivity contribution in [2.75, 3.05) is 55.6 Å². The SMILES string of the molecule is COc1ccc(C(OCC2OC(n3c(N=CN(C)C)nc4c(N=CN(C)C)ncnc43)CC2OP(OCCC#N)N(C(C)C)C(C)C)(c2ccccc2)c2ccc(OC)cc2)cc1. The largest absolute Gasteiger partial charge is 0.497 e. The highest BCUT2D eigenvalue weighted by Gasteiger charge is 2.46. The fraction of sp³-hybridized carbons (Fsp3) is 0.435. The van der Waals surface area contributed by atoms with Gasteiger partial charge >= 0.3 is 0 Å². The zero-order chi connectivity index (χ0) is 45.1. The number of hydrogen-bond acceptors (Lipinski definition) is 13. The molecule has 0 aliphatic carbocycles. The van der Waals surface area contributed by atoms with E-state index >= 15 is 0 Å². The molecule has 17 heteroatoms.